The molecule has 7 heteroatoms. The topological polar surface area (TPSA) is 85.1 Å². The Balaban J connectivity index is 2.04. The standard InChI is InChI=1S/C13H14BrN3O2S/c14-10-4-5-13(12(15)9-10)17-20(18,19)8-6-11-3-1-2-7-16-11/h1-5,7,9,17H,6,8,15H2. The average Bonchev–Trinajstić information content (AvgIpc) is 2.41. The highest BCUT2D eigenvalue weighted by Crippen LogP contribution is 2.24. The lowest BCUT2D eigenvalue weighted by atomic mass is 10.3. The monoisotopic (exact) mass is 355 g/mol. The molecule has 1 heterocycles. The summed E-state index contributed by atoms with van der Waals surface area (Å²) < 4.78 is 27.3. The van der Waals surface area contributed by atoms with Crippen LogP contribution >= 0.6 is 15.9 Å². The van der Waals surface area contributed by atoms with Gasteiger partial charge in [-0.25, -0.2) is 8.42 Å². The average molecular weight is 356 g/mol. The van der Waals surface area contributed by atoms with Crippen molar-refractivity contribution in [2.24, 2.45) is 0 Å². The molecule has 2 aromatic rings. The van der Waals surface area contributed by atoms with Gasteiger partial charge in [0.25, 0.3) is 0 Å². The van der Waals surface area contributed by atoms with Crippen molar-refractivity contribution in [3.63, 3.8) is 0 Å². The van der Waals surface area contributed by atoms with Gasteiger partial charge in [-0.3, -0.25) is 9.71 Å². The Morgan fingerprint density at radius 3 is 2.70 bits per heavy atom. The Bertz CT molecular complexity index is 690. The van der Waals surface area contributed by atoms with Crippen LogP contribution in [0.4, 0.5) is 11.4 Å². The maximum Gasteiger partial charge on any atom is 0.233 e. The van der Waals surface area contributed by atoms with Gasteiger partial charge in [0.05, 0.1) is 17.1 Å². The van der Waals surface area contributed by atoms with E-state index in [1.54, 1.807) is 36.5 Å². The third-order valence-electron chi connectivity index (χ3n) is 2.63. The Kier molecular flexibility index (Phi) is 4.61. The highest BCUT2D eigenvalue weighted by molar-refractivity contribution is 9.10. The van der Waals surface area contributed by atoms with Gasteiger partial charge in [-0.1, -0.05) is 22.0 Å². The fourth-order valence-electron chi connectivity index (χ4n) is 1.63. The number of anilines is 2. The first-order valence-electron chi connectivity index (χ1n) is 5.92. The van der Waals surface area contributed by atoms with Crippen molar-refractivity contribution in [3.05, 3.63) is 52.8 Å². The molecule has 0 aliphatic rings. The summed E-state index contributed by atoms with van der Waals surface area (Å²) in [5, 5.41) is 0. The van der Waals surface area contributed by atoms with Crippen molar-refractivity contribution >= 4 is 37.3 Å². The summed E-state index contributed by atoms with van der Waals surface area (Å²) in [5.74, 6) is -0.0421. The predicted molar refractivity (Wildman–Crippen MR) is 83.9 cm³/mol. The van der Waals surface area contributed by atoms with Crippen molar-refractivity contribution in [1.82, 2.24) is 4.98 Å². The first kappa shape index (κ1) is 14.8. The highest BCUT2D eigenvalue weighted by atomic mass is 79.9. The second kappa shape index (κ2) is 6.23. The number of nitrogens with two attached hydrogens (primary N) is 1. The molecule has 0 fully saturated rings. The molecule has 20 heavy (non-hydrogen) atoms. The Labute approximate surface area is 126 Å². The number of aryl methyl sites for hydroxylation is 1. The van der Waals surface area contributed by atoms with Crippen LogP contribution in [-0.4, -0.2) is 19.2 Å². The summed E-state index contributed by atoms with van der Waals surface area (Å²) in [6.45, 7) is 0. The molecule has 0 spiro atoms. The maximum atomic E-state index is 12.0. The lowest BCUT2D eigenvalue weighted by molar-refractivity contribution is 0.600. The SMILES string of the molecule is Nc1cc(Br)ccc1NS(=O)(=O)CCc1ccccn1. The van der Waals surface area contributed by atoms with Crippen LogP contribution < -0.4 is 10.5 Å². The minimum absolute atomic E-state index is 0.0421. The molecule has 0 atom stereocenters. The smallest absolute Gasteiger partial charge is 0.233 e. The summed E-state index contributed by atoms with van der Waals surface area (Å²) in [5.41, 5.74) is 7.26. The van der Waals surface area contributed by atoms with Gasteiger partial charge in [0.1, 0.15) is 0 Å². The third-order valence-corrected chi connectivity index (χ3v) is 4.40. The van der Waals surface area contributed by atoms with Gasteiger partial charge in [-0.2, -0.15) is 0 Å². The molecule has 0 bridgehead atoms. The minimum Gasteiger partial charge on any atom is -0.397 e. The molecular weight excluding hydrogens is 342 g/mol. The molecular formula is C13H14BrN3O2S. The van der Waals surface area contributed by atoms with Crippen LogP contribution in [0.1, 0.15) is 5.69 Å². The maximum absolute atomic E-state index is 12.0. The molecule has 0 saturated carbocycles. The van der Waals surface area contributed by atoms with Crippen LogP contribution in [0.2, 0.25) is 0 Å². The van der Waals surface area contributed by atoms with Crippen molar-refractivity contribution in [3.8, 4) is 0 Å². The number of hydrogen-bond acceptors (Lipinski definition) is 4. The molecule has 0 amide bonds. The van der Waals surface area contributed by atoms with Gasteiger partial charge in [0.15, 0.2) is 0 Å². The van der Waals surface area contributed by atoms with Crippen molar-refractivity contribution in [1.29, 1.82) is 0 Å². The first-order chi connectivity index (χ1) is 9.46. The number of nitrogen functional groups attached to an aromatic ring is 1. The predicted octanol–water partition coefficient (Wildman–Crippen LogP) is 2.41. The van der Waals surface area contributed by atoms with Crippen LogP contribution in [0.5, 0.6) is 0 Å². The number of aromatic nitrogens is 1. The minimum atomic E-state index is -3.45. The van der Waals surface area contributed by atoms with E-state index < -0.39 is 10.0 Å². The van der Waals surface area contributed by atoms with E-state index in [0.29, 0.717) is 17.8 Å². The molecule has 0 saturated heterocycles. The van der Waals surface area contributed by atoms with E-state index in [-0.39, 0.29) is 5.75 Å². The molecule has 0 unspecified atom stereocenters. The van der Waals surface area contributed by atoms with Crippen LogP contribution in [0.15, 0.2) is 47.1 Å². The van der Waals surface area contributed by atoms with E-state index in [9.17, 15) is 8.42 Å². The molecule has 5 nitrogen and oxygen atoms in total. The summed E-state index contributed by atoms with van der Waals surface area (Å²) in [4.78, 5) is 4.09. The zero-order valence-electron chi connectivity index (χ0n) is 10.6. The van der Waals surface area contributed by atoms with E-state index in [1.807, 2.05) is 6.07 Å². The lowest BCUT2D eigenvalue weighted by Crippen LogP contribution is -2.19. The van der Waals surface area contributed by atoms with Crippen LogP contribution in [-0.2, 0) is 16.4 Å². The quantitative estimate of drug-likeness (QED) is 0.806. The third kappa shape index (κ3) is 4.21. The Morgan fingerprint density at radius 2 is 2.05 bits per heavy atom. The summed E-state index contributed by atoms with van der Waals surface area (Å²) in [7, 11) is -3.45. The number of pyridine rings is 1. The fraction of sp³-hybridized carbons (Fsp3) is 0.154. The largest absolute Gasteiger partial charge is 0.397 e. The highest BCUT2D eigenvalue weighted by Gasteiger charge is 2.12. The van der Waals surface area contributed by atoms with E-state index >= 15 is 0 Å². The van der Waals surface area contributed by atoms with Crippen molar-refractivity contribution in [2.45, 2.75) is 6.42 Å². The number of sulfonamides is 1. The molecule has 1 aromatic carbocycles. The number of benzene rings is 1. The van der Waals surface area contributed by atoms with Gasteiger partial charge in [-0.15, -0.1) is 0 Å². The van der Waals surface area contributed by atoms with E-state index in [1.165, 1.54) is 0 Å². The molecule has 3 N–H and O–H groups in total. The van der Waals surface area contributed by atoms with Crippen LogP contribution in [0.3, 0.4) is 0 Å². The van der Waals surface area contributed by atoms with E-state index in [2.05, 4.69) is 25.6 Å². The number of nitrogens with one attached hydrogen (secondary N) is 1. The number of halogens is 1. The number of rotatable bonds is 5. The van der Waals surface area contributed by atoms with E-state index in [4.69, 9.17) is 5.73 Å². The second-order valence-corrected chi connectivity index (χ2v) is 6.98. The van der Waals surface area contributed by atoms with Crippen molar-refractivity contribution in [2.75, 3.05) is 16.2 Å². The fourth-order valence-corrected chi connectivity index (χ4v) is 3.11. The van der Waals surface area contributed by atoms with Crippen LogP contribution in [0, 0.1) is 0 Å². The zero-order valence-corrected chi connectivity index (χ0v) is 13.0. The molecule has 1 aromatic heterocycles. The lowest BCUT2D eigenvalue weighted by Gasteiger charge is -2.10. The number of hydrogen-bond donors (Lipinski definition) is 2. The summed E-state index contributed by atoms with van der Waals surface area (Å²) in [6, 6.07) is 10.4. The summed E-state index contributed by atoms with van der Waals surface area (Å²) >= 11 is 3.27. The molecule has 0 aliphatic carbocycles. The normalized spacial score (nSPS) is 11.2. The Hall–Kier alpha value is -1.60. The van der Waals surface area contributed by atoms with Gasteiger partial charge < -0.3 is 5.73 Å². The molecule has 2 rings (SSSR count). The van der Waals surface area contributed by atoms with Crippen molar-refractivity contribution < 1.29 is 8.42 Å². The van der Waals surface area contributed by atoms with E-state index in [0.717, 1.165) is 10.2 Å². The Morgan fingerprint density at radius 1 is 1.25 bits per heavy atom. The zero-order chi connectivity index (χ0) is 14.6. The second-order valence-electron chi connectivity index (χ2n) is 4.22. The molecule has 106 valence electrons. The number of nitrogens with zero attached hydrogens (tertiary/aromatic N) is 1. The first-order valence-corrected chi connectivity index (χ1v) is 8.36. The van der Waals surface area contributed by atoms with Gasteiger partial charge in [-0.05, 0) is 30.3 Å². The molecule has 0 aliphatic heterocycles. The van der Waals surface area contributed by atoms with Crippen LogP contribution in [0.25, 0.3) is 0 Å². The summed E-state index contributed by atoms with van der Waals surface area (Å²) in [6.07, 6.45) is 1.99. The van der Waals surface area contributed by atoms with Gasteiger partial charge >= 0.3 is 0 Å². The van der Waals surface area contributed by atoms with Gasteiger partial charge in [0.2, 0.25) is 10.0 Å². The molecule has 0 radical (unpaired) electrons. The van der Waals surface area contributed by atoms with Gasteiger partial charge in [0, 0.05) is 22.8 Å².